The van der Waals surface area contributed by atoms with E-state index in [1.54, 1.807) is 17.5 Å². The summed E-state index contributed by atoms with van der Waals surface area (Å²) >= 11 is 1.78. The molecule has 3 heterocycles. The number of aromatic nitrogens is 1. The third-order valence-corrected chi connectivity index (χ3v) is 5.29. The van der Waals surface area contributed by atoms with Gasteiger partial charge in [-0.25, -0.2) is 0 Å². The van der Waals surface area contributed by atoms with Crippen LogP contribution >= 0.6 is 11.3 Å². The first-order valence-corrected chi connectivity index (χ1v) is 8.59. The minimum Gasteiger partial charge on any atom is -0.484 e. The number of carbonyl (C=O) groups is 1. The van der Waals surface area contributed by atoms with Crippen molar-refractivity contribution >= 4 is 17.2 Å². The van der Waals surface area contributed by atoms with Gasteiger partial charge in [-0.1, -0.05) is 0 Å². The van der Waals surface area contributed by atoms with E-state index in [-0.39, 0.29) is 12.5 Å². The Morgan fingerprint density at radius 3 is 3.18 bits per heavy atom. The third kappa shape index (κ3) is 2.86. The topological polar surface area (TPSA) is 42.4 Å². The van der Waals surface area contributed by atoms with Crippen molar-refractivity contribution in [2.75, 3.05) is 13.2 Å². The number of thiophene rings is 1. The fraction of sp³-hybridized carbons (Fsp3) is 0.412. The molecule has 2 aromatic rings. The van der Waals surface area contributed by atoms with Crippen molar-refractivity contribution in [1.82, 2.24) is 9.88 Å². The van der Waals surface area contributed by atoms with Crippen LogP contribution < -0.4 is 4.74 Å². The van der Waals surface area contributed by atoms with Crippen LogP contribution in [0.3, 0.4) is 0 Å². The minimum absolute atomic E-state index is 0.0571. The van der Waals surface area contributed by atoms with Crippen molar-refractivity contribution in [1.29, 1.82) is 0 Å². The molecule has 0 bridgehead atoms. The summed E-state index contributed by atoms with van der Waals surface area (Å²) in [6.45, 7) is 1.61. The van der Waals surface area contributed by atoms with E-state index in [1.807, 2.05) is 17.0 Å². The van der Waals surface area contributed by atoms with Gasteiger partial charge in [0.25, 0.3) is 5.91 Å². The number of amides is 1. The lowest BCUT2D eigenvalue weighted by Gasteiger charge is -2.27. The molecule has 4 rings (SSSR count). The molecule has 22 heavy (non-hydrogen) atoms. The van der Waals surface area contributed by atoms with Gasteiger partial charge in [0.15, 0.2) is 6.61 Å². The lowest BCUT2D eigenvalue weighted by Crippen LogP contribution is -2.38. The van der Waals surface area contributed by atoms with Crippen LogP contribution in [0.1, 0.15) is 34.9 Å². The van der Waals surface area contributed by atoms with E-state index in [0.29, 0.717) is 12.5 Å². The first-order chi connectivity index (χ1) is 10.8. The summed E-state index contributed by atoms with van der Waals surface area (Å²) in [5, 5.41) is 2.10. The average molecular weight is 314 g/mol. The fourth-order valence-corrected chi connectivity index (χ4v) is 3.71. The summed E-state index contributed by atoms with van der Waals surface area (Å²) < 4.78 is 5.68. The first kappa shape index (κ1) is 13.8. The summed E-state index contributed by atoms with van der Waals surface area (Å²) in [4.78, 5) is 20.0. The Bertz CT molecular complexity index is 693. The summed E-state index contributed by atoms with van der Waals surface area (Å²) in [6, 6.07) is 5.91. The first-order valence-electron chi connectivity index (χ1n) is 7.71. The standard InChI is InChI=1S/C17H18N2O2S/c20-17(19-7-4-16-13(10-19)5-8-22-16)11-21-14-3-6-18-15(9-14)12-1-2-12/h3,5-6,8-9,12H,1-2,4,7,10-11H2. The smallest absolute Gasteiger partial charge is 0.260 e. The second-order valence-electron chi connectivity index (χ2n) is 5.91. The molecular weight excluding hydrogens is 296 g/mol. The van der Waals surface area contributed by atoms with Gasteiger partial charge in [-0.15, -0.1) is 11.3 Å². The number of hydrogen-bond acceptors (Lipinski definition) is 4. The van der Waals surface area contributed by atoms with Crippen LogP contribution in [0.5, 0.6) is 5.75 Å². The molecule has 4 nitrogen and oxygen atoms in total. The normalized spacial score (nSPS) is 17.2. The second kappa shape index (κ2) is 5.72. The van der Waals surface area contributed by atoms with Crippen LogP contribution in [0.4, 0.5) is 0 Å². The fourth-order valence-electron chi connectivity index (χ4n) is 2.82. The number of nitrogens with zero attached hydrogens (tertiary/aromatic N) is 2. The minimum atomic E-state index is 0.0571. The molecule has 5 heteroatoms. The van der Waals surface area contributed by atoms with E-state index in [4.69, 9.17) is 4.74 Å². The predicted molar refractivity (Wildman–Crippen MR) is 85.1 cm³/mol. The maximum atomic E-state index is 12.3. The third-order valence-electron chi connectivity index (χ3n) is 4.27. The highest BCUT2D eigenvalue weighted by atomic mass is 32.1. The number of fused-ring (bicyclic) bond motifs is 1. The second-order valence-corrected chi connectivity index (χ2v) is 6.91. The van der Waals surface area contributed by atoms with Crippen molar-refractivity contribution in [3.8, 4) is 5.75 Å². The van der Waals surface area contributed by atoms with Crippen molar-refractivity contribution in [3.05, 3.63) is 45.9 Å². The molecule has 1 saturated carbocycles. The quantitative estimate of drug-likeness (QED) is 0.871. The molecule has 2 aliphatic rings. The van der Waals surface area contributed by atoms with Gasteiger partial charge >= 0.3 is 0 Å². The molecule has 2 aromatic heterocycles. The highest BCUT2D eigenvalue weighted by molar-refractivity contribution is 7.10. The lowest BCUT2D eigenvalue weighted by atomic mass is 10.1. The van der Waals surface area contributed by atoms with Crippen LogP contribution in [0, 0.1) is 0 Å². The van der Waals surface area contributed by atoms with Crippen LogP contribution in [0.2, 0.25) is 0 Å². The predicted octanol–water partition coefficient (Wildman–Crippen LogP) is 2.98. The molecule has 1 aliphatic heterocycles. The van der Waals surface area contributed by atoms with Crippen LogP contribution in [-0.2, 0) is 17.8 Å². The van der Waals surface area contributed by atoms with Crippen LogP contribution in [-0.4, -0.2) is 28.9 Å². The van der Waals surface area contributed by atoms with E-state index in [0.717, 1.165) is 24.4 Å². The van der Waals surface area contributed by atoms with Gasteiger partial charge < -0.3 is 9.64 Å². The maximum Gasteiger partial charge on any atom is 0.260 e. The van der Waals surface area contributed by atoms with E-state index >= 15 is 0 Å². The van der Waals surface area contributed by atoms with Gasteiger partial charge in [0, 0.05) is 41.8 Å². The zero-order valence-corrected chi connectivity index (χ0v) is 13.1. The Hall–Kier alpha value is -1.88. The Labute approximate surface area is 133 Å². The van der Waals surface area contributed by atoms with Gasteiger partial charge in [0.2, 0.25) is 0 Å². The highest BCUT2D eigenvalue weighted by Crippen LogP contribution is 2.39. The van der Waals surface area contributed by atoms with E-state index in [1.165, 1.54) is 23.3 Å². The summed E-state index contributed by atoms with van der Waals surface area (Å²) in [7, 11) is 0. The Balaban J connectivity index is 1.35. The van der Waals surface area contributed by atoms with Crippen molar-refractivity contribution in [2.45, 2.75) is 31.7 Å². The van der Waals surface area contributed by atoms with Gasteiger partial charge in [0.05, 0.1) is 0 Å². The Morgan fingerprint density at radius 1 is 1.41 bits per heavy atom. The zero-order valence-electron chi connectivity index (χ0n) is 12.3. The largest absolute Gasteiger partial charge is 0.484 e. The molecule has 0 saturated heterocycles. The Morgan fingerprint density at radius 2 is 2.32 bits per heavy atom. The lowest BCUT2D eigenvalue weighted by molar-refractivity contribution is -0.134. The maximum absolute atomic E-state index is 12.3. The number of pyridine rings is 1. The molecule has 1 amide bonds. The zero-order chi connectivity index (χ0) is 14.9. The van der Waals surface area contributed by atoms with Gasteiger partial charge in [-0.2, -0.15) is 0 Å². The van der Waals surface area contributed by atoms with E-state index in [9.17, 15) is 4.79 Å². The Kier molecular flexibility index (Phi) is 3.58. The summed E-state index contributed by atoms with van der Waals surface area (Å²) in [5.74, 6) is 1.40. The molecule has 0 atom stereocenters. The van der Waals surface area contributed by atoms with E-state index < -0.39 is 0 Å². The number of carbonyl (C=O) groups excluding carboxylic acids is 1. The molecule has 1 aliphatic carbocycles. The van der Waals surface area contributed by atoms with Crippen LogP contribution in [0.25, 0.3) is 0 Å². The van der Waals surface area contributed by atoms with E-state index in [2.05, 4.69) is 16.4 Å². The molecule has 0 spiro atoms. The number of hydrogen-bond donors (Lipinski definition) is 0. The van der Waals surface area contributed by atoms with Crippen molar-refractivity contribution in [3.63, 3.8) is 0 Å². The molecule has 1 fully saturated rings. The highest BCUT2D eigenvalue weighted by Gasteiger charge is 2.25. The molecule has 0 unspecified atom stereocenters. The molecular formula is C17H18N2O2S. The molecule has 0 N–H and O–H groups in total. The van der Waals surface area contributed by atoms with Crippen LogP contribution in [0.15, 0.2) is 29.8 Å². The summed E-state index contributed by atoms with van der Waals surface area (Å²) in [6.07, 6.45) is 5.16. The van der Waals surface area contributed by atoms with Gasteiger partial charge in [0.1, 0.15) is 5.75 Å². The SMILES string of the molecule is O=C(COc1ccnc(C2CC2)c1)N1CCc2sccc2C1. The number of ether oxygens (including phenoxy) is 1. The monoisotopic (exact) mass is 314 g/mol. The van der Waals surface area contributed by atoms with Gasteiger partial charge in [-0.3, -0.25) is 9.78 Å². The van der Waals surface area contributed by atoms with Crippen molar-refractivity contribution in [2.24, 2.45) is 0 Å². The van der Waals surface area contributed by atoms with Gasteiger partial charge in [-0.05, 0) is 42.3 Å². The summed E-state index contributed by atoms with van der Waals surface area (Å²) in [5.41, 5.74) is 2.37. The average Bonchev–Trinajstić information content (AvgIpc) is 3.30. The molecule has 0 aromatic carbocycles. The van der Waals surface area contributed by atoms with Crippen molar-refractivity contribution < 1.29 is 9.53 Å². The molecule has 0 radical (unpaired) electrons. The number of rotatable bonds is 4. The molecule has 114 valence electrons.